The van der Waals surface area contributed by atoms with Gasteiger partial charge in [-0.25, -0.2) is 8.78 Å². The molecule has 0 saturated heterocycles. The normalized spacial score (nSPS) is 12.3. The van der Waals surface area contributed by atoms with Crippen LogP contribution in [0.5, 0.6) is 0 Å². The van der Waals surface area contributed by atoms with Crippen molar-refractivity contribution in [3.63, 3.8) is 0 Å². The van der Waals surface area contributed by atoms with E-state index in [1.54, 1.807) is 43.1 Å². The fraction of sp³-hybridized carbons (Fsp3) is 0.200. The van der Waals surface area contributed by atoms with E-state index in [-0.39, 0.29) is 5.82 Å². The lowest BCUT2D eigenvalue weighted by Crippen LogP contribution is -2.11. The second-order valence-electron chi connectivity index (χ2n) is 4.43. The summed E-state index contributed by atoms with van der Waals surface area (Å²) in [5, 5.41) is 9.40. The molecule has 0 fully saturated rings. The number of nitrogens with zero attached hydrogens (tertiary/aromatic N) is 1. The second kappa shape index (κ2) is 5.36. The quantitative estimate of drug-likeness (QED) is 0.910. The van der Waals surface area contributed by atoms with Crippen LogP contribution in [0.4, 0.5) is 20.2 Å². The SMILES string of the molecule is C[C@H](O)c1ccc(N(C)c2cccc(F)c2)c(F)c1. The number of aliphatic hydroxyl groups excluding tert-OH is 1. The minimum atomic E-state index is -0.719. The Balaban J connectivity index is 2.36. The average molecular weight is 263 g/mol. The standard InChI is InChI=1S/C15H15F2NO/c1-10(19)11-6-7-15(14(17)8-11)18(2)13-5-3-4-12(16)9-13/h3-10,19H,1-2H3/t10-/m0/s1. The van der Waals surface area contributed by atoms with Gasteiger partial charge >= 0.3 is 0 Å². The van der Waals surface area contributed by atoms with Gasteiger partial charge in [0.1, 0.15) is 11.6 Å². The van der Waals surface area contributed by atoms with Gasteiger partial charge in [0.15, 0.2) is 0 Å². The molecule has 0 amide bonds. The molecule has 0 spiro atoms. The van der Waals surface area contributed by atoms with Crippen molar-refractivity contribution >= 4 is 11.4 Å². The van der Waals surface area contributed by atoms with Gasteiger partial charge in [0, 0.05) is 12.7 Å². The van der Waals surface area contributed by atoms with Crippen LogP contribution in [-0.4, -0.2) is 12.2 Å². The van der Waals surface area contributed by atoms with Crippen molar-refractivity contribution < 1.29 is 13.9 Å². The molecule has 0 saturated carbocycles. The summed E-state index contributed by atoms with van der Waals surface area (Å²) < 4.78 is 27.2. The van der Waals surface area contributed by atoms with Crippen LogP contribution < -0.4 is 4.90 Å². The van der Waals surface area contributed by atoms with Crippen LogP contribution in [-0.2, 0) is 0 Å². The van der Waals surface area contributed by atoms with E-state index < -0.39 is 11.9 Å². The molecule has 2 rings (SSSR count). The van der Waals surface area contributed by atoms with Gasteiger partial charge in [0.2, 0.25) is 0 Å². The first kappa shape index (κ1) is 13.5. The average Bonchev–Trinajstić information content (AvgIpc) is 2.37. The van der Waals surface area contributed by atoms with E-state index >= 15 is 0 Å². The molecule has 1 atom stereocenters. The number of rotatable bonds is 3. The van der Waals surface area contributed by atoms with Crippen molar-refractivity contribution in [2.45, 2.75) is 13.0 Å². The van der Waals surface area contributed by atoms with Gasteiger partial charge in [0.25, 0.3) is 0 Å². The molecule has 4 heteroatoms. The number of hydrogen-bond acceptors (Lipinski definition) is 2. The number of aliphatic hydroxyl groups is 1. The van der Waals surface area contributed by atoms with E-state index in [1.807, 2.05) is 0 Å². The predicted octanol–water partition coefficient (Wildman–Crippen LogP) is 3.79. The van der Waals surface area contributed by atoms with Gasteiger partial charge in [-0.05, 0) is 42.8 Å². The zero-order valence-corrected chi connectivity index (χ0v) is 10.8. The van der Waals surface area contributed by atoms with E-state index in [9.17, 15) is 13.9 Å². The molecular weight excluding hydrogens is 248 g/mol. The molecule has 19 heavy (non-hydrogen) atoms. The highest BCUT2D eigenvalue weighted by Gasteiger charge is 2.12. The Bertz CT molecular complexity index is 584. The van der Waals surface area contributed by atoms with E-state index in [0.717, 1.165) is 0 Å². The van der Waals surface area contributed by atoms with Crippen molar-refractivity contribution in [2.24, 2.45) is 0 Å². The van der Waals surface area contributed by atoms with Crippen molar-refractivity contribution in [1.29, 1.82) is 0 Å². The summed E-state index contributed by atoms with van der Waals surface area (Å²) in [7, 11) is 1.66. The Labute approximate surface area is 110 Å². The molecule has 0 heterocycles. The topological polar surface area (TPSA) is 23.5 Å². The molecule has 100 valence electrons. The maximum atomic E-state index is 14.0. The van der Waals surface area contributed by atoms with Gasteiger partial charge in [0.05, 0.1) is 11.8 Å². The van der Waals surface area contributed by atoms with Crippen LogP contribution in [0.25, 0.3) is 0 Å². The Hall–Kier alpha value is -1.94. The third kappa shape index (κ3) is 2.90. The summed E-state index contributed by atoms with van der Waals surface area (Å²) in [5.41, 5.74) is 1.40. The monoisotopic (exact) mass is 263 g/mol. The summed E-state index contributed by atoms with van der Waals surface area (Å²) >= 11 is 0. The van der Waals surface area contributed by atoms with Gasteiger partial charge in [-0.3, -0.25) is 0 Å². The van der Waals surface area contributed by atoms with Crippen LogP contribution in [0.2, 0.25) is 0 Å². The van der Waals surface area contributed by atoms with Gasteiger partial charge in [-0.2, -0.15) is 0 Å². The van der Waals surface area contributed by atoms with Crippen LogP contribution in [0.3, 0.4) is 0 Å². The molecule has 0 aliphatic rings. The van der Waals surface area contributed by atoms with Crippen molar-refractivity contribution in [3.8, 4) is 0 Å². The summed E-state index contributed by atoms with van der Waals surface area (Å²) in [5.74, 6) is -0.824. The lowest BCUT2D eigenvalue weighted by molar-refractivity contribution is 0.199. The number of halogens is 2. The maximum absolute atomic E-state index is 14.0. The molecule has 0 aliphatic heterocycles. The molecule has 0 aromatic heterocycles. The summed E-state index contributed by atoms with van der Waals surface area (Å²) in [4.78, 5) is 1.56. The minimum absolute atomic E-state index is 0.329. The fourth-order valence-electron chi connectivity index (χ4n) is 1.88. The van der Waals surface area contributed by atoms with E-state index in [0.29, 0.717) is 16.9 Å². The van der Waals surface area contributed by atoms with Crippen LogP contribution >= 0.6 is 0 Å². The van der Waals surface area contributed by atoms with E-state index in [4.69, 9.17) is 0 Å². The minimum Gasteiger partial charge on any atom is -0.389 e. The van der Waals surface area contributed by atoms with Crippen LogP contribution in [0.15, 0.2) is 42.5 Å². The summed E-state index contributed by atoms with van der Waals surface area (Å²) in [6.07, 6.45) is -0.719. The van der Waals surface area contributed by atoms with Gasteiger partial charge < -0.3 is 10.0 Å². The lowest BCUT2D eigenvalue weighted by atomic mass is 10.1. The predicted molar refractivity (Wildman–Crippen MR) is 71.5 cm³/mol. The summed E-state index contributed by atoms with van der Waals surface area (Å²) in [6, 6.07) is 10.5. The molecule has 0 bridgehead atoms. The molecule has 0 radical (unpaired) electrons. The maximum Gasteiger partial charge on any atom is 0.147 e. The highest BCUT2D eigenvalue weighted by Crippen LogP contribution is 2.28. The first-order valence-corrected chi connectivity index (χ1v) is 5.96. The van der Waals surface area contributed by atoms with Crippen molar-refractivity contribution in [3.05, 3.63) is 59.7 Å². The molecule has 0 unspecified atom stereocenters. The van der Waals surface area contributed by atoms with E-state index in [1.165, 1.54) is 18.2 Å². The molecule has 1 N–H and O–H groups in total. The number of benzene rings is 2. The van der Waals surface area contributed by atoms with Gasteiger partial charge in [-0.1, -0.05) is 12.1 Å². The third-order valence-corrected chi connectivity index (χ3v) is 3.01. The van der Waals surface area contributed by atoms with Crippen molar-refractivity contribution in [1.82, 2.24) is 0 Å². The Kier molecular flexibility index (Phi) is 3.81. The summed E-state index contributed by atoms with van der Waals surface area (Å²) in [6.45, 7) is 1.57. The van der Waals surface area contributed by atoms with Crippen LogP contribution in [0.1, 0.15) is 18.6 Å². The largest absolute Gasteiger partial charge is 0.389 e. The van der Waals surface area contributed by atoms with Crippen LogP contribution in [0, 0.1) is 11.6 Å². The zero-order chi connectivity index (χ0) is 14.0. The molecule has 2 aromatic carbocycles. The smallest absolute Gasteiger partial charge is 0.147 e. The highest BCUT2D eigenvalue weighted by molar-refractivity contribution is 5.63. The first-order valence-electron chi connectivity index (χ1n) is 5.96. The van der Waals surface area contributed by atoms with E-state index in [2.05, 4.69) is 0 Å². The Morgan fingerprint density at radius 2 is 1.84 bits per heavy atom. The van der Waals surface area contributed by atoms with Crippen molar-refractivity contribution in [2.75, 3.05) is 11.9 Å². The molecule has 2 nitrogen and oxygen atoms in total. The Morgan fingerprint density at radius 3 is 2.42 bits per heavy atom. The fourth-order valence-corrected chi connectivity index (χ4v) is 1.88. The molecule has 2 aromatic rings. The number of anilines is 2. The second-order valence-corrected chi connectivity index (χ2v) is 4.43. The zero-order valence-electron chi connectivity index (χ0n) is 10.8. The third-order valence-electron chi connectivity index (χ3n) is 3.01. The molecular formula is C15H15F2NO. The van der Waals surface area contributed by atoms with Gasteiger partial charge in [-0.15, -0.1) is 0 Å². The lowest BCUT2D eigenvalue weighted by Gasteiger charge is -2.21. The number of hydrogen-bond donors (Lipinski definition) is 1. The Morgan fingerprint density at radius 1 is 1.11 bits per heavy atom. The highest BCUT2D eigenvalue weighted by atomic mass is 19.1. The molecule has 0 aliphatic carbocycles. The first-order chi connectivity index (χ1) is 8.99.